The van der Waals surface area contributed by atoms with Gasteiger partial charge in [0.15, 0.2) is 0 Å². The van der Waals surface area contributed by atoms with Crippen LogP contribution in [0.5, 0.6) is 0 Å². The van der Waals surface area contributed by atoms with E-state index in [4.69, 9.17) is 11.6 Å². The van der Waals surface area contributed by atoms with Crippen molar-refractivity contribution < 1.29 is 4.79 Å². The van der Waals surface area contributed by atoms with Gasteiger partial charge >= 0.3 is 0 Å². The van der Waals surface area contributed by atoms with Gasteiger partial charge in [0, 0.05) is 34.1 Å². The van der Waals surface area contributed by atoms with E-state index in [1.54, 1.807) is 30.5 Å². The third-order valence-electron chi connectivity index (χ3n) is 3.64. The number of nitrogens with zero attached hydrogens (tertiary/aromatic N) is 2. The van der Waals surface area contributed by atoms with Gasteiger partial charge in [0.2, 0.25) is 0 Å². The van der Waals surface area contributed by atoms with E-state index in [0.29, 0.717) is 16.5 Å². The molecule has 0 saturated heterocycles. The molecule has 4 nitrogen and oxygen atoms in total. The number of benzene rings is 1. The van der Waals surface area contributed by atoms with Crippen LogP contribution < -0.4 is 5.43 Å². The molecule has 2 rings (SSSR count). The SMILES string of the molecule is Cc1cc(/C=N/NC(=O)c2ccc(Cl)cc2)c(C)n1CC(C)C. The first-order valence-electron chi connectivity index (χ1n) is 7.64. The summed E-state index contributed by atoms with van der Waals surface area (Å²) < 4.78 is 2.27. The molecule has 0 atom stereocenters. The molecule has 0 radical (unpaired) electrons. The zero-order valence-electron chi connectivity index (χ0n) is 13.9. The lowest BCUT2D eigenvalue weighted by atomic mass is 10.2. The third-order valence-corrected chi connectivity index (χ3v) is 3.89. The largest absolute Gasteiger partial charge is 0.348 e. The Bertz CT molecular complexity index is 715. The van der Waals surface area contributed by atoms with E-state index in [-0.39, 0.29) is 5.91 Å². The minimum absolute atomic E-state index is 0.256. The van der Waals surface area contributed by atoms with Crippen LogP contribution in [0.15, 0.2) is 35.4 Å². The van der Waals surface area contributed by atoms with E-state index >= 15 is 0 Å². The topological polar surface area (TPSA) is 46.4 Å². The van der Waals surface area contributed by atoms with Crippen LogP contribution in [-0.4, -0.2) is 16.7 Å². The average molecular weight is 332 g/mol. The van der Waals surface area contributed by atoms with Crippen molar-refractivity contribution in [1.29, 1.82) is 0 Å². The van der Waals surface area contributed by atoms with Gasteiger partial charge in [0.1, 0.15) is 0 Å². The number of halogens is 1. The Balaban J connectivity index is 2.06. The van der Waals surface area contributed by atoms with Crippen molar-refractivity contribution in [2.75, 3.05) is 0 Å². The maximum atomic E-state index is 12.0. The van der Waals surface area contributed by atoms with E-state index in [1.807, 2.05) is 0 Å². The molecule has 122 valence electrons. The van der Waals surface area contributed by atoms with Crippen LogP contribution in [0.4, 0.5) is 0 Å². The predicted molar refractivity (Wildman–Crippen MR) is 95.3 cm³/mol. The van der Waals surface area contributed by atoms with E-state index in [1.165, 1.54) is 5.69 Å². The molecule has 5 heteroatoms. The Morgan fingerprint density at radius 3 is 2.57 bits per heavy atom. The van der Waals surface area contributed by atoms with Crippen LogP contribution in [0, 0.1) is 19.8 Å². The number of nitrogens with one attached hydrogen (secondary N) is 1. The van der Waals surface area contributed by atoms with Crippen LogP contribution in [-0.2, 0) is 6.54 Å². The second-order valence-electron chi connectivity index (χ2n) is 6.04. The number of carbonyl (C=O) groups is 1. The molecule has 0 unspecified atom stereocenters. The molecular weight excluding hydrogens is 310 g/mol. The third kappa shape index (κ3) is 4.45. The highest BCUT2D eigenvalue weighted by atomic mass is 35.5. The van der Waals surface area contributed by atoms with Gasteiger partial charge in [-0.05, 0) is 50.1 Å². The van der Waals surface area contributed by atoms with Gasteiger partial charge in [-0.25, -0.2) is 5.43 Å². The van der Waals surface area contributed by atoms with Crippen LogP contribution in [0.3, 0.4) is 0 Å². The number of aromatic nitrogens is 1. The normalized spacial score (nSPS) is 11.4. The van der Waals surface area contributed by atoms with Gasteiger partial charge in [-0.15, -0.1) is 0 Å². The summed E-state index contributed by atoms with van der Waals surface area (Å²) in [4.78, 5) is 12.0. The number of hydrogen-bond acceptors (Lipinski definition) is 2. The van der Waals surface area contributed by atoms with Crippen molar-refractivity contribution in [1.82, 2.24) is 9.99 Å². The van der Waals surface area contributed by atoms with Crippen molar-refractivity contribution in [2.45, 2.75) is 34.2 Å². The molecule has 1 amide bonds. The summed E-state index contributed by atoms with van der Waals surface area (Å²) in [6.45, 7) is 9.51. The van der Waals surface area contributed by atoms with Crippen LogP contribution >= 0.6 is 11.6 Å². The Labute approximate surface area is 142 Å². The predicted octanol–water partition coefficient (Wildman–Crippen LogP) is 4.18. The molecule has 0 fully saturated rings. The summed E-state index contributed by atoms with van der Waals surface area (Å²) in [6, 6.07) is 8.78. The minimum atomic E-state index is -0.256. The second kappa shape index (κ2) is 7.47. The smallest absolute Gasteiger partial charge is 0.271 e. The van der Waals surface area contributed by atoms with E-state index in [9.17, 15) is 4.79 Å². The fourth-order valence-corrected chi connectivity index (χ4v) is 2.56. The van der Waals surface area contributed by atoms with E-state index < -0.39 is 0 Å². The van der Waals surface area contributed by atoms with Gasteiger partial charge < -0.3 is 4.57 Å². The molecule has 1 heterocycles. The fourth-order valence-electron chi connectivity index (χ4n) is 2.43. The highest BCUT2D eigenvalue weighted by molar-refractivity contribution is 6.30. The maximum absolute atomic E-state index is 12.0. The van der Waals surface area contributed by atoms with Gasteiger partial charge in [0.25, 0.3) is 5.91 Å². The van der Waals surface area contributed by atoms with Crippen molar-refractivity contribution >= 4 is 23.7 Å². The first-order chi connectivity index (χ1) is 10.9. The molecule has 1 aromatic heterocycles. The van der Waals surface area contributed by atoms with Crippen molar-refractivity contribution in [3.8, 4) is 0 Å². The molecule has 2 aromatic rings. The fraction of sp³-hybridized carbons (Fsp3) is 0.333. The first kappa shape index (κ1) is 17.3. The lowest BCUT2D eigenvalue weighted by Crippen LogP contribution is -2.17. The molecule has 0 saturated carbocycles. The van der Waals surface area contributed by atoms with Gasteiger partial charge in [-0.1, -0.05) is 25.4 Å². The summed E-state index contributed by atoms with van der Waals surface area (Å²) in [5, 5.41) is 4.66. The number of carbonyl (C=O) groups excluding carboxylic acids is 1. The number of rotatable bonds is 5. The minimum Gasteiger partial charge on any atom is -0.348 e. The summed E-state index contributed by atoms with van der Waals surface area (Å²) in [6.07, 6.45) is 1.69. The molecule has 0 spiro atoms. The van der Waals surface area contributed by atoms with Crippen LogP contribution in [0.1, 0.15) is 41.2 Å². The molecule has 1 aromatic carbocycles. The molecule has 0 aliphatic rings. The maximum Gasteiger partial charge on any atom is 0.271 e. The van der Waals surface area contributed by atoms with E-state index in [0.717, 1.165) is 17.8 Å². The van der Waals surface area contributed by atoms with Gasteiger partial charge in [0.05, 0.1) is 6.21 Å². The molecule has 0 bridgehead atoms. The summed E-state index contributed by atoms with van der Waals surface area (Å²) in [5.74, 6) is 0.322. The number of hydrazone groups is 1. The Hall–Kier alpha value is -2.07. The molecule has 0 aliphatic carbocycles. The Kier molecular flexibility index (Phi) is 5.61. The van der Waals surface area contributed by atoms with Crippen molar-refractivity contribution in [3.05, 3.63) is 57.9 Å². The average Bonchev–Trinajstić information content (AvgIpc) is 2.75. The van der Waals surface area contributed by atoms with Crippen molar-refractivity contribution in [2.24, 2.45) is 11.0 Å². The zero-order chi connectivity index (χ0) is 17.0. The van der Waals surface area contributed by atoms with Crippen LogP contribution in [0.2, 0.25) is 5.02 Å². The highest BCUT2D eigenvalue weighted by Crippen LogP contribution is 2.15. The summed E-state index contributed by atoms with van der Waals surface area (Å²) >= 11 is 5.81. The lowest BCUT2D eigenvalue weighted by molar-refractivity contribution is 0.0955. The number of aryl methyl sites for hydroxylation is 1. The Morgan fingerprint density at radius 1 is 1.30 bits per heavy atom. The molecular formula is C18H22ClN3O. The number of hydrogen-bond donors (Lipinski definition) is 1. The van der Waals surface area contributed by atoms with Crippen LogP contribution in [0.25, 0.3) is 0 Å². The highest BCUT2D eigenvalue weighted by Gasteiger charge is 2.09. The van der Waals surface area contributed by atoms with E-state index in [2.05, 4.69) is 48.9 Å². The summed E-state index contributed by atoms with van der Waals surface area (Å²) in [5.41, 5.74) is 6.43. The monoisotopic (exact) mass is 331 g/mol. The van der Waals surface area contributed by atoms with Gasteiger partial charge in [-0.3, -0.25) is 4.79 Å². The first-order valence-corrected chi connectivity index (χ1v) is 8.02. The quantitative estimate of drug-likeness (QED) is 0.648. The molecule has 23 heavy (non-hydrogen) atoms. The second-order valence-corrected chi connectivity index (χ2v) is 6.47. The van der Waals surface area contributed by atoms with Gasteiger partial charge in [-0.2, -0.15) is 5.10 Å². The Morgan fingerprint density at radius 2 is 1.96 bits per heavy atom. The standard InChI is InChI=1S/C18H22ClN3O/c1-12(2)11-22-13(3)9-16(14(22)4)10-20-21-18(23)15-5-7-17(19)8-6-15/h5-10,12H,11H2,1-4H3,(H,21,23)/b20-10+. The van der Waals surface area contributed by atoms with Crippen molar-refractivity contribution in [3.63, 3.8) is 0 Å². The molecule has 1 N–H and O–H groups in total. The summed E-state index contributed by atoms with van der Waals surface area (Å²) in [7, 11) is 0. The zero-order valence-corrected chi connectivity index (χ0v) is 14.7. The lowest BCUT2D eigenvalue weighted by Gasteiger charge is -2.11. The number of amides is 1. The molecule has 0 aliphatic heterocycles.